The monoisotopic (exact) mass is 181 g/mol. The van der Waals surface area contributed by atoms with Gasteiger partial charge in [-0.25, -0.2) is 0 Å². The van der Waals surface area contributed by atoms with Crippen LogP contribution in [0, 0.1) is 11.8 Å². The molecule has 3 fully saturated rings. The van der Waals surface area contributed by atoms with Crippen molar-refractivity contribution in [3.8, 4) is 0 Å². The van der Waals surface area contributed by atoms with Crippen LogP contribution >= 0.6 is 0 Å². The molecule has 3 aliphatic rings. The predicted molar refractivity (Wildman–Crippen MR) is 49.2 cm³/mol. The van der Waals surface area contributed by atoms with Gasteiger partial charge in [0.2, 0.25) is 0 Å². The number of carbonyl (C=O) groups excluding carboxylic acids is 1. The van der Waals surface area contributed by atoms with Crippen LogP contribution in [-0.2, 0) is 9.53 Å². The van der Waals surface area contributed by atoms with Gasteiger partial charge in [0.05, 0.1) is 12.5 Å². The first kappa shape index (κ1) is 8.75. The lowest BCUT2D eigenvalue weighted by atomic mass is 9.74. The maximum Gasteiger partial charge on any atom is 0.310 e. The molecule has 0 aromatic heterocycles. The molecule has 3 atom stereocenters. The van der Waals surface area contributed by atoms with Gasteiger partial charge in [-0.3, -0.25) is 4.79 Å². The Morgan fingerprint density at radius 2 is 2.54 bits per heavy atom. The van der Waals surface area contributed by atoms with Crippen molar-refractivity contribution in [3.05, 3.63) is 12.7 Å². The molecule has 0 spiro atoms. The predicted octanol–water partition coefficient (Wildman–Crippen LogP) is 0.714. The zero-order chi connectivity index (χ0) is 9.26. The number of esters is 1. The summed E-state index contributed by atoms with van der Waals surface area (Å²) < 4.78 is 5.12. The Morgan fingerprint density at radius 1 is 1.69 bits per heavy atom. The summed E-state index contributed by atoms with van der Waals surface area (Å²) >= 11 is 0. The first-order valence-electron chi connectivity index (χ1n) is 4.84. The Hall–Kier alpha value is -0.830. The van der Waals surface area contributed by atoms with Crippen LogP contribution in [0.2, 0.25) is 0 Å². The van der Waals surface area contributed by atoms with E-state index in [1.807, 2.05) is 0 Å². The molecule has 0 aromatic carbocycles. The van der Waals surface area contributed by atoms with Crippen LogP contribution in [-0.4, -0.2) is 25.2 Å². The molecule has 3 rings (SSSR count). The number of rotatable bonds is 4. The zero-order valence-electron chi connectivity index (χ0n) is 7.66. The molecule has 3 nitrogen and oxygen atoms in total. The van der Waals surface area contributed by atoms with E-state index in [4.69, 9.17) is 4.74 Å². The number of ether oxygens (including phenoxy) is 1. The van der Waals surface area contributed by atoms with E-state index < -0.39 is 0 Å². The van der Waals surface area contributed by atoms with Crippen molar-refractivity contribution >= 4 is 5.97 Å². The number of nitrogens with one attached hydrogen (secondary N) is 1. The van der Waals surface area contributed by atoms with Gasteiger partial charge in [-0.1, -0.05) is 6.08 Å². The van der Waals surface area contributed by atoms with E-state index in [1.54, 1.807) is 6.08 Å². The van der Waals surface area contributed by atoms with Crippen molar-refractivity contribution in [3.63, 3.8) is 0 Å². The fraction of sp³-hybridized carbons (Fsp3) is 0.700. The van der Waals surface area contributed by atoms with Gasteiger partial charge in [-0.15, -0.1) is 6.58 Å². The maximum atomic E-state index is 11.5. The van der Waals surface area contributed by atoms with E-state index in [1.165, 1.54) is 0 Å². The van der Waals surface area contributed by atoms with E-state index >= 15 is 0 Å². The number of fused-ring (bicyclic) bond motifs is 1. The van der Waals surface area contributed by atoms with Gasteiger partial charge in [0.15, 0.2) is 0 Å². The third-order valence-corrected chi connectivity index (χ3v) is 2.98. The Kier molecular flexibility index (Phi) is 2.36. The molecule has 1 N–H and O–H groups in total. The summed E-state index contributed by atoms with van der Waals surface area (Å²) in [5.41, 5.74) is 0. The molecule has 0 radical (unpaired) electrons. The molecular formula is C10H15NO2. The molecule has 3 unspecified atom stereocenters. The van der Waals surface area contributed by atoms with Crippen LogP contribution in [0.4, 0.5) is 0 Å². The molecule has 13 heavy (non-hydrogen) atoms. The summed E-state index contributed by atoms with van der Waals surface area (Å²) in [6.45, 7) is 5.05. The molecule has 1 aliphatic carbocycles. The molecule has 2 heterocycles. The van der Waals surface area contributed by atoms with Gasteiger partial charge in [0, 0.05) is 6.04 Å². The van der Waals surface area contributed by atoms with Crippen molar-refractivity contribution in [1.82, 2.24) is 5.32 Å². The molecule has 2 saturated heterocycles. The average molecular weight is 181 g/mol. The minimum absolute atomic E-state index is 0.0203. The third-order valence-electron chi connectivity index (χ3n) is 2.98. The maximum absolute atomic E-state index is 11.5. The fourth-order valence-electron chi connectivity index (χ4n) is 2.17. The van der Waals surface area contributed by atoms with Crippen LogP contribution < -0.4 is 5.32 Å². The molecule has 2 bridgehead atoms. The molecule has 3 heteroatoms. The zero-order valence-corrected chi connectivity index (χ0v) is 7.66. The summed E-state index contributed by atoms with van der Waals surface area (Å²) in [7, 11) is 0. The van der Waals surface area contributed by atoms with Gasteiger partial charge in [-0.2, -0.15) is 0 Å². The summed E-state index contributed by atoms with van der Waals surface area (Å²) in [6.07, 6.45) is 3.67. The molecule has 1 saturated carbocycles. The fourth-order valence-corrected chi connectivity index (χ4v) is 2.17. The lowest BCUT2D eigenvalue weighted by Crippen LogP contribution is -2.43. The van der Waals surface area contributed by atoms with Crippen molar-refractivity contribution in [1.29, 1.82) is 0 Å². The Morgan fingerprint density at radius 3 is 3.08 bits per heavy atom. The number of carbonyl (C=O) groups is 1. The number of hydrogen-bond acceptors (Lipinski definition) is 3. The molecule has 2 aliphatic heterocycles. The standard InChI is InChI=1S/C10H15NO2/c1-2-3-4-13-10(12)9-7-5-8(9)11-6-7/h2,7-9,11H,1,3-6H2. The largest absolute Gasteiger partial charge is 0.465 e. The second-order valence-corrected chi connectivity index (χ2v) is 3.78. The summed E-state index contributed by atoms with van der Waals surface area (Å²) in [5.74, 6) is 0.666. The van der Waals surface area contributed by atoms with Crippen LogP contribution in [0.25, 0.3) is 0 Å². The molecule has 0 amide bonds. The number of hydrogen-bond donors (Lipinski definition) is 1. The van der Waals surface area contributed by atoms with Gasteiger partial charge in [-0.05, 0) is 25.3 Å². The van der Waals surface area contributed by atoms with E-state index in [-0.39, 0.29) is 11.9 Å². The average Bonchev–Trinajstić information content (AvgIpc) is 2.64. The topological polar surface area (TPSA) is 38.3 Å². The summed E-state index contributed by atoms with van der Waals surface area (Å²) in [5, 5.41) is 3.29. The summed E-state index contributed by atoms with van der Waals surface area (Å²) in [6, 6.07) is 0.404. The lowest BCUT2D eigenvalue weighted by Gasteiger charge is -2.31. The second-order valence-electron chi connectivity index (χ2n) is 3.78. The van der Waals surface area contributed by atoms with Crippen molar-refractivity contribution in [2.75, 3.05) is 13.2 Å². The first-order chi connectivity index (χ1) is 6.33. The quantitative estimate of drug-likeness (QED) is 0.394. The highest BCUT2D eigenvalue weighted by molar-refractivity contribution is 5.75. The van der Waals surface area contributed by atoms with Crippen LogP contribution in [0.3, 0.4) is 0 Å². The van der Waals surface area contributed by atoms with E-state index in [0.717, 1.165) is 19.4 Å². The van der Waals surface area contributed by atoms with Crippen molar-refractivity contribution < 1.29 is 9.53 Å². The van der Waals surface area contributed by atoms with Crippen molar-refractivity contribution in [2.24, 2.45) is 11.8 Å². The lowest BCUT2D eigenvalue weighted by molar-refractivity contribution is -0.153. The highest BCUT2D eigenvalue weighted by Gasteiger charge is 2.51. The molecular weight excluding hydrogens is 166 g/mol. The highest BCUT2D eigenvalue weighted by Crippen LogP contribution is 2.40. The summed E-state index contributed by atoms with van der Waals surface area (Å²) in [4.78, 5) is 11.5. The normalized spacial score (nSPS) is 35.2. The first-order valence-corrected chi connectivity index (χ1v) is 4.84. The van der Waals surface area contributed by atoms with Crippen LogP contribution in [0.1, 0.15) is 12.8 Å². The smallest absolute Gasteiger partial charge is 0.310 e. The third kappa shape index (κ3) is 1.48. The van der Waals surface area contributed by atoms with E-state index in [9.17, 15) is 4.79 Å². The Labute approximate surface area is 78.1 Å². The van der Waals surface area contributed by atoms with Gasteiger partial charge < -0.3 is 10.1 Å². The van der Waals surface area contributed by atoms with Gasteiger partial charge in [0.1, 0.15) is 0 Å². The van der Waals surface area contributed by atoms with Gasteiger partial charge in [0.25, 0.3) is 0 Å². The van der Waals surface area contributed by atoms with Crippen molar-refractivity contribution in [2.45, 2.75) is 18.9 Å². The Bertz CT molecular complexity index is 213. The van der Waals surface area contributed by atoms with Crippen LogP contribution in [0.15, 0.2) is 12.7 Å². The van der Waals surface area contributed by atoms with Gasteiger partial charge >= 0.3 is 5.97 Å². The minimum Gasteiger partial charge on any atom is -0.465 e. The minimum atomic E-state index is -0.0203. The molecule has 0 aromatic rings. The van der Waals surface area contributed by atoms with Crippen LogP contribution in [0.5, 0.6) is 0 Å². The SMILES string of the molecule is C=CCCOC(=O)C1C2CNC1C2. The highest BCUT2D eigenvalue weighted by atomic mass is 16.5. The van der Waals surface area contributed by atoms with E-state index in [0.29, 0.717) is 18.6 Å². The Balaban J connectivity index is 1.75. The second kappa shape index (κ2) is 3.50. The molecule has 72 valence electrons. The van der Waals surface area contributed by atoms with E-state index in [2.05, 4.69) is 11.9 Å².